The lowest BCUT2D eigenvalue weighted by atomic mass is 10.1. The predicted molar refractivity (Wildman–Crippen MR) is 57.0 cm³/mol. The van der Waals surface area contributed by atoms with Crippen LogP contribution in [-0.2, 0) is 16.0 Å². The highest BCUT2D eigenvalue weighted by molar-refractivity contribution is 5.82. The van der Waals surface area contributed by atoms with Crippen LogP contribution in [0.5, 0.6) is 5.75 Å². The van der Waals surface area contributed by atoms with E-state index in [4.69, 9.17) is 10.2 Å². The van der Waals surface area contributed by atoms with Crippen molar-refractivity contribution in [2.24, 2.45) is 0 Å². The molecule has 6 heteroatoms. The molecule has 0 aromatic heterocycles. The first-order valence-corrected chi connectivity index (χ1v) is 4.87. The van der Waals surface area contributed by atoms with Gasteiger partial charge in [-0.3, -0.25) is 4.79 Å². The maximum absolute atomic E-state index is 13.0. The van der Waals surface area contributed by atoms with Gasteiger partial charge in [0, 0.05) is 13.3 Å². The largest absolute Gasteiger partial charge is 0.505 e. The molecule has 0 unspecified atom stereocenters. The third kappa shape index (κ3) is 3.75. The first-order valence-electron chi connectivity index (χ1n) is 4.87. The summed E-state index contributed by atoms with van der Waals surface area (Å²) in [6.45, 7) is 1.20. The van der Waals surface area contributed by atoms with Crippen LogP contribution in [0.2, 0.25) is 0 Å². The molecular weight excluding hydrogens is 229 g/mol. The maximum Gasteiger partial charge on any atom is 0.326 e. The molecule has 0 radical (unpaired) electrons. The number of carbonyl (C=O) groups is 2. The number of hydrogen-bond donors (Lipinski definition) is 3. The minimum Gasteiger partial charge on any atom is -0.505 e. The third-order valence-corrected chi connectivity index (χ3v) is 2.13. The molecule has 0 aliphatic carbocycles. The van der Waals surface area contributed by atoms with Crippen LogP contribution in [0.25, 0.3) is 0 Å². The van der Waals surface area contributed by atoms with Gasteiger partial charge in [-0.05, 0) is 17.7 Å². The Hall–Kier alpha value is -2.11. The van der Waals surface area contributed by atoms with Crippen molar-refractivity contribution in [3.05, 3.63) is 29.6 Å². The summed E-state index contributed by atoms with van der Waals surface area (Å²) in [5.74, 6) is -3.00. The molecule has 0 saturated carbocycles. The SMILES string of the molecule is CC(=O)N[C@H](Cc1ccc(O)c(F)c1)C(=O)O. The van der Waals surface area contributed by atoms with Crippen LogP contribution in [-0.4, -0.2) is 28.1 Å². The second kappa shape index (κ2) is 5.29. The van der Waals surface area contributed by atoms with Gasteiger partial charge in [-0.15, -0.1) is 0 Å². The van der Waals surface area contributed by atoms with Crippen LogP contribution in [0.15, 0.2) is 18.2 Å². The number of benzene rings is 1. The molecular formula is C11H12FNO4. The van der Waals surface area contributed by atoms with Crippen molar-refractivity contribution >= 4 is 11.9 Å². The van der Waals surface area contributed by atoms with E-state index in [2.05, 4.69) is 5.32 Å². The molecule has 1 aromatic rings. The Balaban J connectivity index is 2.82. The van der Waals surface area contributed by atoms with Gasteiger partial charge in [0.05, 0.1) is 0 Å². The fraction of sp³-hybridized carbons (Fsp3) is 0.273. The Kier molecular flexibility index (Phi) is 4.03. The summed E-state index contributed by atoms with van der Waals surface area (Å²) in [6.07, 6.45) is -0.0495. The van der Waals surface area contributed by atoms with Gasteiger partial charge in [-0.1, -0.05) is 6.07 Å². The van der Waals surface area contributed by atoms with Crippen molar-refractivity contribution in [2.75, 3.05) is 0 Å². The zero-order valence-corrected chi connectivity index (χ0v) is 9.11. The van der Waals surface area contributed by atoms with Crippen molar-refractivity contribution in [3.63, 3.8) is 0 Å². The van der Waals surface area contributed by atoms with Gasteiger partial charge in [0.1, 0.15) is 6.04 Å². The molecule has 0 aliphatic rings. The van der Waals surface area contributed by atoms with Crippen LogP contribution in [0.1, 0.15) is 12.5 Å². The normalized spacial score (nSPS) is 11.9. The number of nitrogens with one attached hydrogen (secondary N) is 1. The monoisotopic (exact) mass is 241 g/mol. The number of aromatic hydroxyl groups is 1. The summed E-state index contributed by atoms with van der Waals surface area (Å²) in [4.78, 5) is 21.6. The summed E-state index contributed by atoms with van der Waals surface area (Å²) >= 11 is 0. The minimum atomic E-state index is -1.20. The highest BCUT2D eigenvalue weighted by Crippen LogP contribution is 2.17. The number of halogens is 1. The van der Waals surface area contributed by atoms with E-state index in [1.807, 2.05) is 0 Å². The molecule has 0 spiro atoms. The van der Waals surface area contributed by atoms with Crippen LogP contribution in [0.3, 0.4) is 0 Å². The lowest BCUT2D eigenvalue weighted by molar-refractivity contribution is -0.141. The zero-order valence-electron chi connectivity index (χ0n) is 9.11. The quantitative estimate of drug-likeness (QED) is 0.722. The van der Waals surface area contributed by atoms with Crippen LogP contribution >= 0.6 is 0 Å². The van der Waals surface area contributed by atoms with Gasteiger partial charge in [0.15, 0.2) is 11.6 Å². The number of phenols is 1. The molecule has 0 saturated heterocycles. The number of phenolic OH excluding ortho intramolecular Hbond substituents is 1. The first kappa shape index (κ1) is 13.0. The number of aliphatic carboxylic acids is 1. The second-order valence-electron chi connectivity index (χ2n) is 3.58. The number of carbonyl (C=O) groups excluding carboxylic acids is 1. The highest BCUT2D eigenvalue weighted by Gasteiger charge is 2.19. The smallest absolute Gasteiger partial charge is 0.326 e. The molecule has 0 fully saturated rings. The molecule has 1 rings (SSSR count). The van der Waals surface area contributed by atoms with E-state index < -0.39 is 29.5 Å². The van der Waals surface area contributed by atoms with Gasteiger partial charge < -0.3 is 15.5 Å². The number of carboxylic acids is 1. The Labute approximate surface area is 96.9 Å². The van der Waals surface area contributed by atoms with Crippen molar-refractivity contribution in [1.82, 2.24) is 5.32 Å². The third-order valence-electron chi connectivity index (χ3n) is 2.13. The summed E-state index contributed by atoms with van der Waals surface area (Å²) in [5.41, 5.74) is 0.376. The number of amides is 1. The van der Waals surface area contributed by atoms with Crippen molar-refractivity contribution < 1.29 is 24.2 Å². The Morgan fingerprint density at radius 1 is 1.47 bits per heavy atom. The van der Waals surface area contributed by atoms with Gasteiger partial charge >= 0.3 is 5.97 Å². The van der Waals surface area contributed by atoms with E-state index in [9.17, 15) is 14.0 Å². The summed E-state index contributed by atoms with van der Waals surface area (Å²) < 4.78 is 13.0. The molecule has 3 N–H and O–H groups in total. The zero-order chi connectivity index (χ0) is 13.0. The number of rotatable bonds is 4. The summed E-state index contributed by atoms with van der Waals surface area (Å²) in [6, 6.07) is 2.46. The van der Waals surface area contributed by atoms with Crippen molar-refractivity contribution in [1.29, 1.82) is 0 Å². The Morgan fingerprint density at radius 3 is 2.59 bits per heavy atom. The van der Waals surface area contributed by atoms with Crippen molar-refractivity contribution in [2.45, 2.75) is 19.4 Å². The minimum absolute atomic E-state index is 0.0495. The fourth-order valence-corrected chi connectivity index (χ4v) is 1.36. The number of hydrogen-bond acceptors (Lipinski definition) is 3. The highest BCUT2D eigenvalue weighted by atomic mass is 19.1. The van der Waals surface area contributed by atoms with Gasteiger partial charge in [0.25, 0.3) is 0 Å². The van der Waals surface area contributed by atoms with Crippen LogP contribution in [0, 0.1) is 5.82 Å². The van der Waals surface area contributed by atoms with E-state index in [1.165, 1.54) is 13.0 Å². The molecule has 1 atom stereocenters. The summed E-state index contributed by atoms with van der Waals surface area (Å²) in [5, 5.41) is 20.1. The first-order chi connectivity index (χ1) is 7.90. The lowest BCUT2D eigenvalue weighted by Gasteiger charge is -2.13. The van der Waals surface area contributed by atoms with E-state index >= 15 is 0 Å². The molecule has 0 bridgehead atoms. The van der Waals surface area contributed by atoms with Gasteiger partial charge in [-0.25, -0.2) is 9.18 Å². The summed E-state index contributed by atoms with van der Waals surface area (Å²) in [7, 11) is 0. The van der Waals surface area contributed by atoms with Crippen molar-refractivity contribution in [3.8, 4) is 5.75 Å². The van der Waals surface area contributed by atoms with E-state index in [0.29, 0.717) is 5.56 Å². The van der Waals surface area contributed by atoms with Crippen LogP contribution < -0.4 is 5.32 Å². The lowest BCUT2D eigenvalue weighted by Crippen LogP contribution is -2.41. The average molecular weight is 241 g/mol. The molecule has 92 valence electrons. The van der Waals surface area contributed by atoms with E-state index in [1.54, 1.807) is 0 Å². The molecule has 1 aromatic carbocycles. The fourth-order valence-electron chi connectivity index (χ4n) is 1.36. The molecule has 0 aliphatic heterocycles. The van der Waals surface area contributed by atoms with E-state index in [0.717, 1.165) is 12.1 Å². The average Bonchev–Trinajstić information content (AvgIpc) is 2.21. The van der Waals surface area contributed by atoms with E-state index in [-0.39, 0.29) is 6.42 Å². The predicted octanol–water partition coefficient (Wildman–Crippen LogP) is 0.663. The molecule has 17 heavy (non-hydrogen) atoms. The molecule has 5 nitrogen and oxygen atoms in total. The Bertz CT molecular complexity index is 447. The maximum atomic E-state index is 13.0. The van der Waals surface area contributed by atoms with Crippen LogP contribution in [0.4, 0.5) is 4.39 Å². The Morgan fingerprint density at radius 2 is 2.12 bits per heavy atom. The molecule has 0 heterocycles. The van der Waals surface area contributed by atoms with Gasteiger partial charge in [-0.2, -0.15) is 0 Å². The number of carboxylic acid groups (broad SMARTS) is 1. The standard InChI is InChI=1S/C11H12FNO4/c1-6(14)13-9(11(16)17)5-7-2-3-10(15)8(12)4-7/h2-4,9,15H,5H2,1H3,(H,13,14)(H,16,17)/t9-/m1/s1. The van der Waals surface area contributed by atoms with Gasteiger partial charge in [0.2, 0.25) is 5.91 Å². The molecule has 1 amide bonds. The topological polar surface area (TPSA) is 86.6 Å². The second-order valence-corrected chi connectivity index (χ2v) is 3.58.